The first-order valence-corrected chi connectivity index (χ1v) is 6.12. The number of nitrogen functional groups attached to an aromatic ring is 1. The topological polar surface area (TPSA) is 81.2 Å². The molecule has 0 aliphatic rings. The van der Waals surface area contributed by atoms with Gasteiger partial charge in [0, 0.05) is 12.1 Å². The fraction of sp³-hybridized carbons (Fsp3) is 0.231. The lowest BCUT2D eigenvalue weighted by molar-refractivity contribution is 0.0951. The van der Waals surface area contributed by atoms with Crippen LogP contribution in [0.15, 0.2) is 22.7 Å². The van der Waals surface area contributed by atoms with Crippen molar-refractivity contribution < 1.29 is 9.32 Å². The maximum Gasteiger partial charge on any atom is 0.253 e. The average molecular weight is 280 g/mol. The van der Waals surface area contributed by atoms with E-state index in [0.29, 0.717) is 23.6 Å². The van der Waals surface area contributed by atoms with Crippen LogP contribution in [0.4, 0.5) is 5.69 Å². The van der Waals surface area contributed by atoms with Gasteiger partial charge in [0.25, 0.3) is 5.91 Å². The molecular weight excluding hydrogens is 266 g/mol. The van der Waals surface area contributed by atoms with Gasteiger partial charge in [-0.05, 0) is 26.0 Å². The van der Waals surface area contributed by atoms with Crippen LogP contribution in [0.25, 0.3) is 0 Å². The fourth-order valence-corrected chi connectivity index (χ4v) is 1.96. The molecule has 0 bridgehead atoms. The standard InChI is InChI=1S/C13H14ClN3O2/c1-7-10(8(2)19-17-7)6-16-13(18)9-4-3-5-11(15)12(9)14/h3-5H,6,15H2,1-2H3,(H,16,18). The number of aromatic nitrogens is 1. The van der Waals surface area contributed by atoms with Gasteiger partial charge in [0.2, 0.25) is 0 Å². The van der Waals surface area contributed by atoms with Gasteiger partial charge in [0.1, 0.15) is 5.76 Å². The number of rotatable bonds is 3. The van der Waals surface area contributed by atoms with Crippen molar-refractivity contribution in [3.05, 3.63) is 45.8 Å². The molecule has 0 radical (unpaired) electrons. The Kier molecular flexibility index (Phi) is 3.76. The Labute approximate surface area is 115 Å². The van der Waals surface area contributed by atoms with Gasteiger partial charge in [0.05, 0.1) is 22.0 Å². The average Bonchev–Trinajstić information content (AvgIpc) is 2.70. The molecule has 1 aromatic carbocycles. The van der Waals surface area contributed by atoms with E-state index in [2.05, 4.69) is 10.5 Å². The molecule has 0 fully saturated rings. The van der Waals surface area contributed by atoms with E-state index in [1.807, 2.05) is 6.92 Å². The largest absolute Gasteiger partial charge is 0.398 e. The number of anilines is 1. The third-order valence-corrected chi connectivity index (χ3v) is 3.30. The second-order valence-electron chi connectivity index (χ2n) is 4.19. The number of benzene rings is 1. The first kappa shape index (κ1) is 13.4. The van der Waals surface area contributed by atoms with Gasteiger partial charge in [-0.1, -0.05) is 22.8 Å². The van der Waals surface area contributed by atoms with E-state index in [1.165, 1.54) is 0 Å². The van der Waals surface area contributed by atoms with Crippen molar-refractivity contribution in [3.8, 4) is 0 Å². The van der Waals surface area contributed by atoms with Gasteiger partial charge in [-0.2, -0.15) is 0 Å². The van der Waals surface area contributed by atoms with E-state index < -0.39 is 0 Å². The maximum atomic E-state index is 12.0. The quantitative estimate of drug-likeness (QED) is 0.846. The molecule has 1 amide bonds. The van der Waals surface area contributed by atoms with E-state index in [1.54, 1.807) is 25.1 Å². The molecule has 0 unspecified atom stereocenters. The first-order chi connectivity index (χ1) is 9.00. The van der Waals surface area contributed by atoms with Crippen molar-refractivity contribution in [2.24, 2.45) is 0 Å². The summed E-state index contributed by atoms with van der Waals surface area (Å²) >= 11 is 5.99. The van der Waals surface area contributed by atoms with Crippen LogP contribution in [0, 0.1) is 13.8 Å². The predicted molar refractivity (Wildman–Crippen MR) is 73.0 cm³/mol. The van der Waals surface area contributed by atoms with Gasteiger partial charge in [-0.15, -0.1) is 0 Å². The van der Waals surface area contributed by atoms with Crippen LogP contribution >= 0.6 is 11.6 Å². The summed E-state index contributed by atoms with van der Waals surface area (Å²) in [6.45, 7) is 3.96. The molecule has 5 nitrogen and oxygen atoms in total. The number of nitrogens with two attached hydrogens (primary N) is 1. The molecule has 0 atom stereocenters. The summed E-state index contributed by atoms with van der Waals surface area (Å²) in [5.41, 5.74) is 8.03. The normalized spacial score (nSPS) is 10.5. The number of hydrogen-bond donors (Lipinski definition) is 2. The van der Waals surface area contributed by atoms with Crippen molar-refractivity contribution in [1.29, 1.82) is 0 Å². The zero-order chi connectivity index (χ0) is 14.0. The number of amides is 1. The van der Waals surface area contributed by atoms with Gasteiger partial charge >= 0.3 is 0 Å². The molecule has 1 heterocycles. The SMILES string of the molecule is Cc1noc(C)c1CNC(=O)c1cccc(N)c1Cl. The van der Waals surface area contributed by atoms with Crippen molar-refractivity contribution >= 4 is 23.2 Å². The maximum absolute atomic E-state index is 12.0. The summed E-state index contributed by atoms with van der Waals surface area (Å²) in [6.07, 6.45) is 0. The van der Waals surface area contributed by atoms with Crippen LogP contribution in [0.1, 0.15) is 27.4 Å². The minimum Gasteiger partial charge on any atom is -0.398 e. The summed E-state index contributed by atoms with van der Waals surface area (Å²) in [6, 6.07) is 4.96. The summed E-state index contributed by atoms with van der Waals surface area (Å²) in [4.78, 5) is 12.0. The van der Waals surface area contributed by atoms with E-state index in [4.69, 9.17) is 21.9 Å². The zero-order valence-electron chi connectivity index (χ0n) is 10.7. The minimum atomic E-state index is -0.280. The Balaban J connectivity index is 2.12. The molecule has 6 heteroatoms. The Hall–Kier alpha value is -2.01. The van der Waals surface area contributed by atoms with Crippen LogP contribution in [0.5, 0.6) is 0 Å². The van der Waals surface area contributed by atoms with Crippen LogP contribution in [-0.2, 0) is 6.54 Å². The lowest BCUT2D eigenvalue weighted by Gasteiger charge is -2.07. The van der Waals surface area contributed by atoms with Crippen molar-refractivity contribution in [1.82, 2.24) is 10.5 Å². The molecule has 1 aromatic heterocycles. The van der Waals surface area contributed by atoms with Gasteiger partial charge in [0.15, 0.2) is 0 Å². The van der Waals surface area contributed by atoms with E-state index in [0.717, 1.165) is 11.3 Å². The molecule has 19 heavy (non-hydrogen) atoms. The van der Waals surface area contributed by atoms with E-state index in [9.17, 15) is 4.79 Å². The number of carbonyl (C=O) groups excluding carboxylic acids is 1. The van der Waals surface area contributed by atoms with Gasteiger partial charge in [-0.3, -0.25) is 4.79 Å². The number of aryl methyl sites for hydroxylation is 2. The Bertz CT molecular complexity index is 603. The minimum absolute atomic E-state index is 0.263. The highest BCUT2D eigenvalue weighted by Crippen LogP contribution is 2.23. The lowest BCUT2D eigenvalue weighted by atomic mass is 10.1. The fourth-order valence-electron chi connectivity index (χ4n) is 1.74. The lowest BCUT2D eigenvalue weighted by Crippen LogP contribution is -2.23. The second kappa shape index (κ2) is 5.32. The first-order valence-electron chi connectivity index (χ1n) is 5.74. The molecule has 0 spiro atoms. The van der Waals surface area contributed by atoms with E-state index >= 15 is 0 Å². The predicted octanol–water partition coefficient (Wildman–Crippen LogP) is 2.46. The number of carbonyl (C=O) groups is 1. The molecule has 2 rings (SSSR count). The molecule has 3 N–H and O–H groups in total. The third kappa shape index (κ3) is 2.71. The Morgan fingerprint density at radius 1 is 1.47 bits per heavy atom. The molecule has 100 valence electrons. The molecular formula is C13H14ClN3O2. The smallest absolute Gasteiger partial charge is 0.253 e. The summed E-state index contributed by atoms with van der Waals surface area (Å²) < 4.78 is 5.03. The number of hydrogen-bond acceptors (Lipinski definition) is 4. The number of halogens is 1. The third-order valence-electron chi connectivity index (χ3n) is 2.88. The highest BCUT2D eigenvalue weighted by molar-refractivity contribution is 6.36. The van der Waals surface area contributed by atoms with Crippen LogP contribution in [0.3, 0.4) is 0 Å². The molecule has 0 saturated heterocycles. The van der Waals surface area contributed by atoms with Crippen molar-refractivity contribution in [2.75, 3.05) is 5.73 Å². The molecule has 0 aliphatic carbocycles. The number of nitrogens with one attached hydrogen (secondary N) is 1. The number of nitrogens with zero attached hydrogens (tertiary/aromatic N) is 1. The summed E-state index contributed by atoms with van der Waals surface area (Å²) in [7, 11) is 0. The Morgan fingerprint density at radius 2 is 2.21 bits per heavy atom. The van der Waals surface area contributed by atoms with Crippen LogP contribution in [0.2, 0.25) is 5.02 Å². The second-order valence-corrected chi connectivity index (χ2v) is 4.57. The summed E-state index contributed by atoms with van der Waals surface area (Å²) in [5, 5.41) is 6.86. The van der Waals surface area contributed by atoms with Gasteiger partial charge < -0.3 is 15.6 Å². The van der Waals surface area contributed by atoms with Crippen molar-refractivity contribution in [3.63, 3.8) is 0 Å². The monoisotopic (exact) mass is 279 g/mol. The summed E-state index contributed by atoms with van der Waals surface area (Å²) in [5.74, 6) is 0.411. The van der Waals surface area contributed by atoms with Crippen molar-refractivity contribution in [2.45, 2.75) is 20.4 Å². The van der Waals surface area contributed by atoms with Crippen LogP contribution < -0.4 is 11.1 Å². The highest BCUT2D eigenvalue weighted by Gasteiger charge is 2.14. The highest BCUT2D eigenvalue weighted by atomic mass is 35.5. The van der Waals surface area contributed by atoms with Crippen LogP contribution in [-0.4, -0.2) is 11.1 Å². The van der Waals surface area contributed by atoms with Gasteiger partial charge in [-0.25, -0.2) is 0 Å². The van der Waals surface area contributed by atoms with E-state index in [-0.39, 0.29) is 10.9 Å². The molecule has 0 saturated carbocycles. The Morgan fingerprint density at radius 3 is 2.84 bits per heavy atom. The molecule has 0 aliphatic heterocycles. The zero-order valence-corrected chi connectivity index (χ0v) is 11.4. The molecule has 2 aromatic rings.